The largest absolute Gasteiger partial charge is 0.342 e. The Hall–Kier alpha value is -1.56. The van der Waals surface area contributed by atoms with Gasteiger partial charge >= 0.3 is 0 Å². The van der Waals surface area contributed by atoms with Crippen LogP contribution in [-0.2, 0) is 0 Å². The lowest BCUT2D eigenvalue weighted by atomic mass is 10.1. The van der Waals surface area contributed by atoms with E-state index < -0.39 is 9.58 Å². The van der Waals surface area contributed by atoms with Crippen molar-refractivity contribution < 1.29 is 4.79 Å². The predicted molar refractivity (Wildman–Crippen MR) is 85.3 cm³/mol. The van der Waals surface area contributed by atoms with Crippen LogP contribution in [-0.4, -0.2) is 27.2 Å². The highest BCUT2D eigenvalue weighted by molar-refractivity contribution is 6.77. The van der Waals surface area contributed by atoms with E-state index >= 15 is 0 Å². The number of rotatable bonds is 8. The van der Waals surface area contributed by atoms with Crippen molar-refractivity contribution in [1.82, 2.24) is 4.57 Å². The van der Waals surface area contributed by atoms with Gasteiger partial charge in [-0.25, -0.2) is 0 Å². The van der Waals surface area contributed by atoms with Crippen LogP contribution in [0.2, 0.25) is 0 Å². The Kier molecular flexibility index (Phi) is 7.38. The second-order valence-electron chi connectivity index (χ2n) is 4.29. The number of hydrogen-bond donors (Lipinski definition) is 0. The van der Waals surface area contributed by atoms with Crippen LogP contribution in [0.5, 0.6) is 0 Å². The molecule has 0 N–H and O–H groups in total. The Bertz CT molecular complexity index is 611. The minimum absolute atomic E-state index is 0.127. The Labute approximate surface area is 141 Å². The molecule has 0 radical (unpaired) electrons. The third-order valence-corrected chi connectivity index (χ3v) is 3.39. The Morgan fingerprint density at radius 2 is 2.00 bits per heavy atom. The number of carbonyl (C=O) groups excluding carboxylic acids is 1. The molecule has 0 unspecified atom stereocenters. The standard InChI is InChI=1S/C11H12Cl3N7O/c12-11(13,14)10(22)9-4-2-6-21(9)8(7-18-20-16)3-1-5-17-19-15/h2,4,6,8H,1,3,5,7H2/t8-/m0/s1. The van der Waals surface area contributed by atoms with E-state index in [2.05, 4.69) is 20.1 Å². The molecule has 0 amide bonds. The lowest BCUT2D eigenvalue weighted by Gasteiger charge is -2.20. The van der Waals surface area contributed by atoms with Crippen LogP contribution in [0.1, 0.15) is 29.4 Å². The SMILES string of the molecule is [N-]=[N+]=NCCC[C@@H](CN=[N+]=[N-])n1cccc1C(=O)C(Cl)(Cl)Cl. The van der Waals surface area contributed by atoms with Gasteiger partial charge in [0.05, 0.1) is 5.69 Å². The molecule has 8 nitrogen and oxygen atoms in total. The van der Waals surface area contributed by atoms with Gasteiger partial charge in [-0.1, -0.05) is 45.0 Å². The van der Waals surface area contributed by atoms with Crippen LogP contribution in [0.4, 0.5) is 0 Å². The molecule has 0 saturated heterocycles. The molecule has 0 saturated carbocycles. The van der Waals surface area contributed by atoms with E-state index in [0.29, 0.717) is 19.4 Å². The first-order valence-corrected chi connectivity index (χ1v) is 7.35. The number of alkyl halides is 3. The highest BCUT2D eigenvalue weighted by Gasteiger charge is 2.34. The fourth-order valence-electron chi connectivity index (χ4n) is 1.94. The van der Waals surface area contributed by atoms with Crippen molar-refractivity contribution in [3.63, 3.8) is 0 Å². The zero-order chi connectivity index (χ0) is 16.6. The van der Waals surface area contributed by atoms with E-state index in [9.17, 15) is 4.79 Å². The number of azide groups is 2. The van der Waals surface area contributed by atoms with Gasteiger partial charge in [0.2, 0.25) is 5.78 Å². The van der Waals surface area contributed by atoms with Gasteiger partial charge in [0.15, 0.2) is 0 Å². The third kappa shape index (κ3) is 5.33. The minimum Gasteiger partial charge on any atom is -0.342 e. The van der Waals surface area contributed by atoms with E-state index in [4.69, 9.17) is 45.9 Å². The van der Waals surface area contributed by atoms with Gasteiger partial charge in [-0.15, -0.1) is 0 Å². The van der Waals surface area contributed by atoms with E-state index in [1.807, 2.05) is 0 Å². The zero-order valence-corrected chi connectivity index (χ0v) is 13.6. The van der Waals surface area contributed by atoms with Crippen molar-refractivity contribution in [3.8, 4) is 0 Å². The fourth-order valence-corrected chi connectivity index (χ4v) is 2.23. The molecular weight excluding hydrogens is 353 g/mol. The van der Waals surface area contributed by atoms with Crippen molar-refractivity contribution in [1.29, 1.82) is 0 Å². The van der Waals surface area contributed by atoms with Crippen molar-refractivity contribution in [3.05, 3.63) is 44.9 Å². The zero-order valence-electron chi connectivity index (χ0n) is 11.3. The van der Waals surface area contributed by atoms with Gasteiger partial charge in [-0.3, -0.25) is 4.79 Å². The summed E-state index contributed by atoms with van der Waals surface area (Å²) in [7, 11) is 0. The van der Waals surface area contributed by atoms with Crippen LogP contribution in [0.3, 0.4) is 0 Å². The molecule has 118 valence electrons. The molecule has 0 aliphatic heterocycles. The molecule has 1 aromatic rings. The fraction of sp³-hybridized carbons (Fsp3) is 0.545. The molecule has 0 aliphatic rings. The van der Waals surface area contributed by atoms with Gasteiger partial charge in [0.25, 0.3) is 3.79 Å². The molecule has 0 spiro atoms. The summed E-state index contributed by atoms with van der Waals surface area (Å²) in [5, 5.41) is 6.98. The molecule has 0 aromatic carbocycles. The van der Waals surface area contributed by atoms with Crippen LogP contribution in [0.15, 0.2) is 28.6 Å². The first-order chi connectivity index (χ1) is 10.4. The Balaban J connectivity index is 2.99. The van der Waals surface area contributed by atoms with Crippen LogP contribution >= 0.6 is 34.8 Å². The highest BCUT2D eigenvalue weighted by Crippen LogP contribution is 2.32. The maximum atomic E-state index is 12.1. The van der Waals surface area contributed by atoms with E-state index in [1.54, 1.807) is 16.8 Å². The van der Waals surface area contributed by atoms with Crippen LogP contribution < -0.4 is 0 Å². The number of hydrogen-bond acceptors (Lipinski definition) is 3. The first-order valence-electron chi connectivity index (χ1n) is 6.22. The average molecular weight is 365 g/mol. The second kappa shape index (κ2) is 8.78. The number of carbonyl (C=O) groups is 1. The van der Waals surface area contributed by atoms with Gasteiger partial charge in [-0.2, -0.15) is 0 Å². The summed E-state index contributed by atoms with van der Waals surface area (Å²) >= 11 is 16.9. The molecule has 0 aliphatic carbocycles. The van der Waals surface area contributed by atoms with Crippen molar-refractivity contribution >= 4 is 40.6 Å². The smallest absolute Gasteiger partial charge is 0.255 e. The second-order valence-corrected chi connectivity index (χ2v) is 6.57. The molecule has 11 heteroatoms. The topological polar surface area (TPSA) is 120 Å². The highest BCUT2D eigenvalue weighted by atomic mass is 35.6. The number of Topliss-reactive ketones (excluding diaryl/α,β-unsaturated/α-hetero) is 1. The van der Waals surface area contributed by atoms with Crippen LogP contribution in [0, 0.1) is 0 Å². The summed E-state index contributed by atoms with van der Waals surface area (Å²) in [6.07, 6.45) is 2.75. The summed E-state index contributed by atoms with van der Waals surface area (Å²) < 4.78 is -0.459. The summed E-state index contributed by atoms with van der Waals surface area (Å²) in [6, 6.07) is 2.87. The number of halogens is 3. The molecular formula is C11H12Cl3N7O. The van der Waals surface area contributed by atoms with E-state index in [1.165, 1.54) is 6.07 Å². The van der Waals surface area contributed by atoms with Crippen molar-refractivity contribution in [2.24, 2.45) is 10.2 Å². The average Bonchev–Trinajstić information content (AvgIpc) is 2.94. The Morgan fingerprint density at radius 1 is 1.32 bits per heavy atom. The molecule has 22 heavy (non-hydrogen) atoms. The summed E-state index contributed by atoms with van der Waals surface area (Å²) in [4.78, 5) is 17.5. The number of nitrogens with zero attached hydrogens (tertiary/aromatic N) is 7. The molecule has 1 rings (SSSR count). The van der Waals surface area contributed by atoms with Gasteiger partial charge in [0, 0.05) is 35.2 Å². The monoisotopic (exact) mass is 363 g/mol. The predicted octanol–water partition coefficient (Wildman–Crippen LogP) is 4.98. The molecule has 1 heterocycles. The normalized spacial score (nSPS) is 12.1. The minimum atomic E-state index is -2.07. The number of ketones is 1. The maximum absolute atomic E-state index is 12.1. The Morgan fingerprint density at radius 3 is 2.59 bits per heavy atom. The first kappa shape index (κ1) is 18.5. The molecule has 1 aromatic heterocycles. The van der Waals surface area contributed by atoms with E-state index in [-0.39, 0.29) is 18.3 Å². The molecule has 1 atom stereocenters. The lowest BCUT2D eigenvalue weighted by molar-refractivity contribution is 0.0985. The van der Waals surface area contributed by atoms with Gasteiger partial charge in [0.1, 0.15) is 0 Å². The van der Waals surface area contributed by atoms with E-state index in [0.717, 1.165) is 0 Å². The van der Waals surface area contributed by atoms with Gasteiger partial charge in [-0.05, 0) is 36.0 Å². The van der Waals surface area contributed by atoms with Crippen molar-refractivity contribution in [2.75, 3.05) is 13.1 Å². The summed E-state index contributed by atoms with van der Waals surface area (Å²) in [5.41, 5.74) is 17.0. The molecule has 0 bridgehead atoms. The van der Waals surface area contributed by atoms with Crippen molar-refractivity contribution in [2.45, 2.75) is 22.7 Å². The van der Waals surface area contributed by atoms with Gasteiger partial charge < -0.3 is 4.57 Å². The van der Waals surface area contributed by atoms with Crippen LogP contribution in [0.25, 0.3) is 20.9 Å². The number of aromatic nitrogens is 1. The summed E-state index contributed by atoms with van der Waals surface area (Å²) in [6.45, 7) is 0.430. The summed E-state index contributed by atoms with van der Waals surface area (Å²) in [5.74, 6) is -0.663. The third-order valence-electron chi connectivity index (χ3n) is 2.88. The molecule has 0 fully saturated rings. The maximum Gasteiger partial charge on any atom is 0.255 e. The lowest BCUT2D eigenvalue weighted by Crippen LogP contribution is -2.25. The quantitative estimate of drug-likeness (QED) is 0.158.